The van der Waals surface area contributed by atoms with Crippen LogP contribution in [0.1, 0.15) is 20.3 Å². The Labute approximate surface area is 224 Å². The third kappa shape index (κ3) is 11.5. The molecule has 0 saturated heterocycles. The van der Waals surface area contributed by atoms with Crippen LogP contribution in [0.2, 0.25) is 0 Å². The summed E-state index contributed by atoms with van der Waals surface area (Å²) in [4.78, 5) is 34.8. The van der Waals surface area contributed by atoms with Crippen LogP contribution in [-0.2, 0) is 32.9 Å². The maximum absolute atomic E-state index is 13.6. The van der Waals surface area contributed by atoms with Crippen molar-refractivity contribution < 1.29 is 37.5 Å². The van der Waals surface area contributed by atoms with Crippen LogP contribution >= 0.6 is 7.75 Å². The molecule has 2 amide bonds. The number of hydrogen-bond acceptors (Lipinski definition) is 9. The van der Waals surface area contributed by atoms with Gasteiger partial charge in [0, 0.05) is 52.1 Å². The molecule has 38 heavy (non-hydrogen) atoms. The van der Waals surface area contributed by atoms with Gasteiger partial charge in [-0.05, 0) is 31.7 Å². The number of amides is 2. The number of aldehydes is 1. The smallest absolute Gasteiger partial charge is 0.413 e. The van der Waals surface area contributed by atoms with E-state index in [4.69, 9.17) is 13.8 Å². The monoisotopic (exact) mass is 551 g/mol. The summed E-state index contributed by atoms with van der Waals surface area (Å²) in [6.07, 6.45) is 3.69. The molecule has 0 heterocycles. The maximum atomic E-state index is 13.6. The molecule has 2 rings (SSSR count). The largest absolute Gasteiger partial charge is 0.459 e. The van der Waals surface area contributed by atoms with Crippen molar-refractivity contribution in [1.82, 2.24) is 15.3 Å². The summed E-state index contributed by atoms with van der Waals surface area (Å²) in [7, 11) is 2.56. The highest BCUT2D eigenvalue weighted by Gasteiger charge is 2.31. The summed E-state index contributed by atoms with van der Waals surface area (Å²) in [5.74, 6) is -0.176. The molecular weight excluding hydrogens is 513 g/mol. The Balaban J connectivity index is 0.00000229. The lowest BCUT2D eigenvalue weighted by Gasteiger charge is -2.28. The molecule has 2 N–H and O–H groups in total. The number of carbonyl (C=O) groups is 3. The Morgan fingerprint density at radius 2 is 1.74 bits per heavy atom. The van der Waals surface area contributed by atoms with E-state index in [2.05, 4.69) is 9.82 Å². The predicted octanol–water partition coefficient (Wildman–Crippen LogP) is 3.29. The van der Waals surface area contributed by atoms with Crippen LogP contribution in [-0.4, -0.2) is 76.7 Å². The number of nitrogens with zero attached hydrogens (tertiary/aromatic N) is 1. The molecule has 210 valence electrons. The van der Waals surface area contributed by atoms with Gasteiger partial charge in [-0.3, -0.25) is 19.4 Å². The molecule has 12 heteroatoms. The van der Waals surface area contributed by atoms with E-state index in [9.17, 15) is 18.9 Å². The predicted molar refractivity (Wildman–Crippen MR) is 146 cm³/mol. The molecule has 0 aliphatic carbocycles. The SMILES string of the molecule is COC.COC(COP(=O)(N[C@@H](C)C=O)Oc1cccc2ccccc12)CC(C)N(C)/C=C\C(=O)NC=O. The first-order chi connectivity index (χ1) is 18.1. The van der Waals surface area contributed by atoms with Crippen LogP contribution < -0.4 is 14.9 Å². The third-order valence-electron chi connectivity index (χ3n) is 5.26. The van der Waals surface area contributed by atoms with Gasteiger partial charge in [-0.15, -0.1) is 0 Å². The Morgan fingerprint density at radius 1 is 1.08 bits per heavy atom. The minimum Gasteiger partial charge on any atom is -0.413 e. The van der Waals surface area contributed by atoms with Gasteiger partial charge < -0.3 is 23.7 Å². The molecule has 0 aliphatic rings. The number of rotatable bonds is 15. The second-order valence-corrected chi connectivity index (χ2v) is 10.1. The van der Waals surface area contributed by atoms with Crippen molar-refractivity contribution in [2.24, 2.45) is 0 Å². The first-order valence-corrected chi connectivity index (χ1v) is 13.4. The standard InChI is InChI=1S/C24H32N3O7P.C2H6O/c1-18(15-28)26-35(31,34-23-11-7-9-20-8-5-6-10-22(20)23)33-16-21(32-4)14-19(2)27(3)13-12-24(30)25-17-29;1-3-2/h5-13,15,17-19,21H,14,16H2,1-4H3,(H,26,31)(H,25,29,30);1-2H3/b13-12-;/t18-,19?,21?,35?;/m0./s1. The van der Waals surface area contributed by atoms with Gasteiger partial charge in [0.1, 0.15) is 12.0 Å². The van der Waals surface area contributed by atoms with Crippen molar-refractivity contribution in [3.05, 3.63) is 54.7 Å². The minimum absolute atomic E-state index is 0.0787. The van der Waals surface area contributed by atoms with Crippen LogP contribution in [0.3, 0.4) is 0 Å². The molecule has 0 radical (unpaired) electrons. The average Bonchev–Trinajstić information content (AvgIpc) is 2.90. The van der Waals surface area contributed by atoms with Crippen molar-refractivity contribution in [2.45, 2.75) is 38.5 Å². The van der Waals surface area contributed by atoms with Gasteiger partial charge in [0.05, 0.1) is 18.8 Å². The fraction of sp³-hybridized carbons (Fsp3) is 0.423. The van der Waals surface area contributed by atoms with Gasteiger partial charge in [0.2, 0.25) is 6.41 Å². The van der Waals surface area contributed by atoms with E-state index < -0.39 is 25.8 Å². The molecule has 0 spiro atoms. The van der Waals surface area contributed by atoms with E-state index in [0.29, 0.717) is 24.9 Å². The zero-order valence-corrected chi connectivity index (χ0v) is 23.6. The van der Waals surface area contributed by atoms with E-state index in [-0.39, 0.29) is 12.6 Å². The molecule has 11 nitrogen and oxygen atoms in total. The number of ether oxygens (including phenoxy) is 2. The second kappa shape index (κ2) is 17.4. The van der Waals surface area contributed by atoms with Crippen LogP contribution in [0.15, 0.2) is 54.7 Å². The summed E-state index contributed by atoms with van der Waals surface area (Å²) >= 11 is 0. The Morgan fingerprint density at radius 3 is 2.37 bits per heavy atom. The number of hydrogen-bond donors (Lipinski definition) is 2. The summed E-state index contributed by atoms with van der Waals surface area (Å²) < 4.78 is 34.9. The van der Waals surface area contributed by atoms with Crippen LogP contribution in [0.25, 0.3) is 10.8 Å². The highest BCUT2D eigenvalue weighted by atomic mass is 31.2. The van der Waals surface area contributed by atoms with E-state index >= 15 is 0 Å². The zero-order valence-electron chi connectivity index (χ0n) is 22.7. The van der Waals surface area contributed by atoms with Crippen LogP contribution in [0.5, 0.6) is 5.75 Å². The molecular formula is C26H38N3O8P. The van der Waals surface area contributed by atoms with Crippen LogP contribution in [0, 0.1) is 0 Å². The summed E-state index contributed by atoms with van der Waals surface area (Å²) in [5.41, 5.74) is 0. The van der Waals surface area contributed by atoms with E-state index in [1.165, 1.54) is 13.2 Å². The van der Waals surface area contributed by atoms with Crippen LogP contribution in [0.4, 0.5) is 0 Å². The molecule has 4 atom stereocenters. The van der Waals surface area contributed by atoms with Gasteiger partial charge in [-0.1, -0.05) is 36.4 Å². The molecule has 0 bridgehead atoms. The fourth-order valence-corrected chi connectivity index (χ4v) is 4.69. The Bertz CT molecular complexity index is 1090. The van der Waals surface area contributed by atoms with Crippen molar-refractivity contribution in [3.8, 4) is 5.75 Å². The minimum atomic E-state index is -3.96. The summed E-state index contributed by atoms with van der Waals surface area (Å²) in [6, 6.07) is 12.0. The molecule has 3 unspecified atom stereocenters. The van der Waals surface area contributed by atoms with Gasteiger partial charge in [-0.2, -0.15) is 0 Å². The Kier molecular flexibility index (Phi) is 15.1. The first-order valence-electron chi connectivity index (χ1n) is 11.8. The highest BCUT2D eigenvalue weighted by molar-refractivity contribution is 7.52. The summed E-state index contributed by atoms with van der Waals surface area (Å²) in [6.45, 7) is 3.38. The number of carbonyl (C=O) groups excluding carboxylic acids is 3. The molecule has 2 aromatic rings. The number of benzene rings is 2. The number of imide groups is 1. The van der Waals surface area contributed by atoms with Gasteiger partial charge in [0.25, 0.3) is 5.91 Å². The van der Waals surface area contributed by atoms with Gasteiger partial charge in [-0.25, -0.2) is 9.65 Å². The normalized spacial score (nSPS) is 14.9. The summed E-state index contributed by atoms with van der Waals surface area (Å²) in [5, 5.41) is 6.33. The second-order valence-electron chi connectivity index (χ2n) is 8.37. The van der Waals surface area contributed by atoms with Gasteiger partial charge >= 0.3 is 7.75 Å². The van der Waals surface area contributed by atoms with Gasteiger partial charge in [0.15, 0.2) is 0 Å². The zero-order chi connectivity index (χ0) is 28.6. The number of fused-ring (bicyclic) bond motifs is 1. The lowest BCUT2D eigenvalue weighted by Crippen LogP contribution is -2.33. The molecule has 0 aromatic heterocycles. The third-order valence-corrected chi connectivity index (χ3v) is 6.91. The van der Waals surface area contributed by atoms with Crippen molar-refractivity contribution in [1.29, 1.82) is 0 Å². The topological polar surface area (TPSA) is 132 Å². The Hall–Kier alpha value is -3.08. The van der Waals surface area contributed by atoms with Crippen molar-refractivity contribution >= 4 is 37.1 Å². The number of methoxy groups -OCH3 is 2. The molecule has 0 aliphatic heterocycles. The molecule has 0 saturated carbocycles. The molecule has 0 fully saturated rings. The highest BCUT2D eigenvalue weighted by Crippen LogP contribution is 2.46. The lowest BCUT2D eigenvalue weighted by molar-refractivity contribution is -0.121. The van der Waals surface area contributed by atoms with E-state index in [1.807, 2.05) is 42.6 Å². The lowest BCUT2D eigenvalue weighted by atomic mass is 10.1. The maximum Gasteiger partial charge on any atom is 0.459 e. The first kappa shape index (κ1) is 32.9. The number of nitrogens with one attached hydrogen (secondary N) is 2. The average molecular weight is 552 g/mol. The quantitative estimate of drug-likeness (QED) is 0.193. The van der Waals surface area contributed by atoms with E-state index in [0.717, 1.165) is 10.8 Å². The molecule has 2 aromatic carbocycles. The van der Waals surface area contributed by atoms with Crippen molar-refractivity contribution in [3.63, 3.8) is 0 Å². The van der Waals surface area contributed by atoms with E-state index in [1.54, 1.807) is 51.4 Å². The fourth-order valence-electron chi connectivity index (χ4n) is 3.17. The van der Waals surface area contributed by atoms with Crippen molar-refractivity contribution in [2.75, 3.05) is 35.0 Å².